The highest BCUT2D eigenvalue weighted by atomic mass is 16.5. The Labute approximate surface area is 190 Å². The molecule has 2 heterocycles. The highest BCUT2D eigenvalue weighted by Crippen LogP contribution is 2.41. The molecule has 0 saturated heterocycles. The van der Waals surface area contributed by atoms with Crippen LogP contribution in [0.4, 0.5) is 0 Å². The van der Waals surface area contributed by atoms with Gasteiger partial charge in [0.1, 0.15) is 22.8 Å². The fourth-order valence-electron chi connectivity index (χ4n) is 4.00. The third-order valence-corrected chi connectivity index (χ3v) is 5.71. The molecule has 0 fully saturated rings. The normalized spacial score (nSPS) is 13.5. The maximum absolute atomic E-state index is 13.1. The van der Waals surface area contributed by atoms with Crippen LogP contribution in [0.2, 0.25) is 0 Å². The Morgan fingerprint density at radius 1 is 0.939 bits per heavy atom. The van der Waals surface area contributed by atoms with Crippen LogP contribution in [0.25, 0.3) is 16.5 Å². The van der Waals surface area contributed by atoms with Crippen molar-refractivity contribution in [1.29, 1.82) is 0 Å². The molecule has 4 rings (SSSR count). The molecule has 0 spiro atoms. The lowest BCUT2D eigenvalue weighted by Crippen LogP contribution is -2.37. The molecule has 0 radical (unpaired) electrons. The summed E-state index contributed by atoms with van der Waals surface area (Å²) in [6.45, 7) is 0.765. The number of carbonyl (C=O) groups is 1. The van der Waals surface area contributed by atoms with Gasteiger partial charge in [-0.25, -0.2) is 4.79 Å². The van der Waals surface area contributed by atoms with Crippen molar-refractivity contribution in [1.82, 2.24) is 4.90 Å². The summed E-state index contributed by atoms with van der Waals surface area (Å²) < 4.78 is 27.1. The average Bonchev–Trinajstić information content (AvgIpc) is 2.86. The number of nitrogens with zero attached hydrogens (tertiary/aromatic N) is 1. The topological polar surface area (TPSA) is 87.4 Å². The molecule has 33 heavy (non-hydrogen) atoms. The van der Waals surface area contributed by atoms with Gasteiger partial charge >= 0.3 is 5.63 Å². The van der Waals surface area contributed by atoms with Crippen molar-refractivity contribution in [3.63, 3.8) is 0 Å². The van der Waals surface area contributed by atoms with E-state index in [0.29, 0.717) is 53.5 Å². The highest BCUT2D eigenvalue weighted by molar-refractivity contribution is 5.98. The minimum atomic E-state index is -0.690. The second-order valence-corrected chi connectivity index (χ2v) is 7.46. The van der Waals surface area contributed by atoms with E-state index in [1.165, 1.54) is 7.11 Å². The second kappa shape index (κ2) is 9.28. The zero-order valence-electron chi connectivity index (χ0n) is 19.0. The van der Waals surface area contributed by atoms with Gasteiger partial charge in [0.2, 0.25) is 0 Å². The van der Waals surface area contributed by atoms with Gasteiger partial charge in [-0.1, -0.05) is 18.2 Å². The number of hydrogen-bond acceptors (Lipinski definition) is 7. The quantitative estimate of drug-likeness (QED) is 0.528. The van der Waals surface area contributed by atoms with Gasteiger partial charge < -0.3 is 28.3 Å². The molecule has 8 nitrogen and oxygen atoms in total. The van der Waals surface area contributed by atoms with E-state index in [1.807, 2.05) is 6.08 Å². The van der Waals surface area contributed by atoms with Gasteiger partial charge in [-0.3, -0.25) is 4.79 Å². The maximum Gasteiger partial charge on any atom is 0.349 e. The summed E-state index contributed by atoms with van der Waals surface area (Å²) >= 11 is 0. The van der Waals surface area contributed by atoms with Crippen LogP contribution in [-0.4, -0.2) is 52.3 Å². The molecule has 0 atom stereocenters. The molecule has 1 amide bonds. The van der Waals surface area contributed by atoms with Crippen molar-refractivity contribution >= 4 is 22.4 Å². The molecule has 0 saturated carbocycles. The van der Waals surface area contributed by atoms with Gasteiger partial charge in [0.25, 0.3) is 5.91 Å². The van der Waals surface area contributed by atoms with E-state index in [1.54, 1.807) is 62.6 Å². The Bertz CT molecular complexity index is 1270. The fourth-order valence-corrected chi connectivity index (χ4v) is 4.00. The number of hydrogen-bond donors (Lipinski definition) is 0. The van der Waals surface area contributed by atoms with Crippen LogP contribution in [0, 0.1) is 0 Å². The minimum absolute atomic E-state index is 0.00721. The van der Waals surface area contributed by atoms with Crippen LogP contribution in [-0.2, 0) is 0 Å². The van der Waals surface area contributed by atoms with Crippen molar-refractivity contribution in [3.8, 4) is 23.0 Å². The Balaban J connectivity index is 1.63. The maximum atomic E-state index is 13.1. The number of fused-ring (bicyclic) bond motifs is 1. The Kier molecular flexibility index (Phi) is 6.26. The van der Waals surface area contributed by atoms with E-state index in [4.69, 9.17) is 23.4 Å². The lowest BCUT2D eigenvalue weighted by atomic mass is 9.97. The van der Waals surface area contributed by atoms with Gasteiger partial charge in [0, 0.05) is 30.6 Å². The van der Waals surface area contributed by atoms with Crippen LogP contribution in [0.1, 0.15) is 22.3 Å². The monoisotopic (exact) mass is 451 g/mol. The number of ether oxygens (including phenoxy) is 4. The second-order valence-electron chi connectivity index (χ2n) is 7.46. The zero-order chi connectivity index (χ0) is 23.5. The van der Waals surface area contributed by atoms with Crippen molar-refractivity contribution in [2.24, 2.45) is 0 Å². The van der Waals surface area contributed by atoms with Gasteiger partial charge in [0.05, 0.1) is 34.0 Å². The van der Waals surface area contributed by atoms with Crippen LogP contribution in [0.15, 0.2) is 51.7 Å². The summed E-state index contributed by atoms with van der Waals surface area (Å²) in [5.41, 5.74) is 1.44. The van der Waals surface area contributed by atoms with E-state index < -0.39 is 5.63 Å². The molecule has 172 valence electrons. The van der Waals surface area contributed by atoms with Crippen LogP contribution < -0.4 is 24.6 Å². The first-order valence-electron chi connectivity index (χ1n) is 10.4. The predicted octanol–water partition coefficient (Wildman–Crippen LogP) is 3.76. The molecule has 0 aliphatic carbocycles. The Hall–Kier alpha value is -3.94. The number of carbonyl (C=O) groups excluding carboxylic acids is 1. The molecular formula is C25H25NO7. The van der Waals surface area contributed by atoms with E-state index >= 15 is 0 Å². The first kappa shape index (κ1) is 22.3. The van der Waals surface area contributed by atoms with E-state index in [0.717, 1.165) is 11.1 Å². The summed E-state index contributed by atoms with van der Waals surface area (Å²) in [6, 6.07) is 10.4. The highest BCUT2D eigenvalue weighted by Gasteiger charge is 2.26. The molecule has 0 bridgehead atoms. The molecule has 1 aliphatic heterocycles. The Morgan fingerprint density at radius 3 is 2.21 bits per heavy atom. The van der Waals surface area contributed by atoms with Crippen molar-refractivity contribution in [2.45, 2.75) is 6.42 Å². The van der Waals surface area contributed by atoms with Gasteiger partial charge in [0.15, 0.2) is 11.3 Å². The van der Waals surface area contributed by atoms with Gasteiger partial charge in [-0.2, -0.15) is 0 Å². The van der Waals surface area contributed by atoms with Crippen LogP contribution in [0.5, 0.6) is 23.0 Å². The van der Waals surface area contributed by atoms with Crippen molar-refractivity contribution in [2.75, 3.05) is 41.5 Å². The SMILES string of the molecule is COc1cc(OC)c(C2=CCN(C(=O)c3cc4cccc(OC)c4oc3=O)CC2)c(OC)c1. The first-order chi connectivity index (χ1) is 16.0. The minimum Gasteiger partial charge on any atom is -0.496 e. The lowest BCUT2D eigenvalue weighted by Gasteiger charge is -2.27. The number of methoxy groups -OCH3 is 4. The summed E-state index contributed by atoms with van der Waals surface area (Å²) in [4.78, 5) is 27.3. The first-order valence-corrected chi connectivity index (χ1v) is 10.4. The Morgan fingerprint density at radius 2 is 1.64 bits per heavy atom. The van der Waals surface area contributed by atoms with Gasteiger partial charge in [-0.05, 0) is 24.1 Å². The molecule has 0 N–H and O–H groups in total. The van der Waals surface area contributed by atoms with Crippen LogP contribution >= 0.6 is 0 Å². The fraction of sp³-hybridized carbons (Fsp3) is 0.280. The number of benzene rings is 2. The number of amides is 1. The summed E-state index contributed by atoms with van der Waals surface area (Å²) in [5, 5.41) is 0.623. The number of para-hydroxylation sites is 1. The van der Waals surface area contributed by atoms with Gasteiger partial charge in [-0.15, -0.1) is 0 Å². The van der Waals surface area contributed by atoms with Crippen molar-refractivity contribution < 1.29 is 28.2 Å². The lowest BCUT2D eigenvalue weighted by molar-refractivity contribution is 0.0768. The van der Waals surface area contributed by atoms with E-state index in [2.05, 4.69) is 0 Å². The largest absolute Gasteiger partial charge is 0.496 e. The molecule has 1 aliphatic rings. The standard InChI is InChI=1S/C25H25NO7/c1-29-17-13-20(31-3)22(21(14-17)32-4)15-8-10-26(11-9-15)24(27)18-12-16-6-5-7-19(30-2)23(16)33-25(18)28/h5-8,12-14H,9-11H2,1-4H3. The smallest absolute Gasteiger partial charge is 0.349 e. The van der Waals surface area contributed by atoms with E-state index in [-0.39, 0.29) is 11.5 Å². The average molecular weight is 451 g/mol. The summed E-state index contributed by atoms with van der Waals surface area (Å²) in [5.74, 6) is 1.94. The predicted molar refractivity (Wildman–Crippen MR) is 124 cm³/mol. The zero-order valence-corrected chi connectivity index (χ0v) is 19.0. The van der Waals surface area contributed by atoms with E-state index in [9.17, 15) is 9.59 Å². The summed E-state index contributed by atoms with van der Waals surface area (Å²) in [6.07, 6.45) is 2.51. The molecule has 1 aromatic heterocycles. The molecule has 3 aromatic rings. The molecule has 0 unspecified atom stereocenters. The third kappa shape index (κ3) is 4.11. The number of rotatable bonds is 6. The molecule has 8 heteroatoms. The van der Waals surface area contributed by atoms with Crippen molar-refractivity contribution in [3.05, 3.63) is 64.0 Å². The molecular weight excluding hydrogens is 426 g/mol. The summed E-state index contributed by atoms with van der Waals surface area (Å²) in [7, 11) is 6.25. The third-order valence-electron chi connectivity index (χ3n) is 5.71. The van der Waals surface area contributed by atoms with Crippen LogP contribution in [0.3, 0.4) is 0 Å². The molecule has 2 aromatic carbocycles.